The van der Waals surface area contributed by atoms with Crippen molar-refractivity contribution >= 4 is 0 Å². The number of hydrogen-bond acceptors (Lipinski definition) is 1. The Balaban J connectivity index is 2.10. The molecule has 0 radical (unpaired) electrons. The van der Waals surface area contributed by atoms with Crippen molar-refractivity contribution in [2.24, 2.45) is 0 Å². The highest BCUT2D eigenvalue weighted by atomic mass is 15.1. The van der Waals surface area contributed by atoms with Crippen molar-refractivity contribution < 1.29 is 0 Å². The predicted octanol–water partition coefficient (Wildman–Crippen LogP) is 3.63. The van der Waals surface area contributed by atoms with Crippen molar-refractivity contribution in [3.8, 4) is 0 Å². The van der Waals surface area contributed by atoms with E-state index in [0.717, 1.165) is 0 Å². The molecule has 2 aliphatic rings. The fourth-order valence-corrected chi connectivity index (χ4v) is 3.48. The van der Waals surface area contributed by atoms with Crippen LogP contribution in [0.5, 0.6) is 0 Å². The molecule has 2 heterocycles. The first-order valence-corrected chi connectivity index (χ1v) is 6.41. The molecule has 0 aromatic rings. The average molecular weight is 195 g/mol. The molecule has 2 unspecified atom stereocenters. The highest BCUT2D eigenvalue weighted by Gasteiger charge is 2.37. The molecule has 14 heavy (non-hydrogen) atoms. The van der Waals surface area contributed by atoms with Crippen molar-refractivity contribution in [2.75, 3.05) is 0 Å². The lowest BCUT2D eigenvalue weighted by Crippen LogP contribution is -2.58. The monoisotopic (exact) mass is 195 g/mol. The third-order valence-electron chi connectivity index (χ3n) is 4.27. The smallest absolute Gasteiger partial charge is 0.0158 e. The van der Waals surface area contributed by atoms with Crippen LogP contribution in [0.4, 0.5) is 0 Å². The molecular formula is C13H25N. The van der Waals surface area contributed by atoms with E-state index in [1.807, 2.05) is 0 Å². The van der Waals surface area contributed by atoms with Crippen molar-refractivity contribution in [1.29, 1.82) is 0 Å². The molecule has 0 aliphatic carbocycles. The first-order valence-electron chi connectivity index (χ1n) is 6.41. The minimum absolute atomic E-state index is 0.456. The van der Waals surface area contributed by atoms with Crippen LogP contribution in [0.25, 0.3) is 0 Å². The van der Waals surface area contributed by atoms with Crippen molar-refractivity contribution in [1.82, 2.24) is 5.32 Å². The maximum Gasteiger partial charge on any atom is 0.0158 e. The van der Waals surface area contributed by atoms with Crippen LogP contribution in [0.15, 0.2) is 0 Å². The first-order chi connectivity index (χ1) is 6.62. The van der Waals surface area contributed by atoms with Crippen LogP contribution in [-0.2, 0) is 0 Å². The molecule has 0 aromatic carbocycles. The van der Waals surface area contributed by atoms with Crippen LogP contribution in [-0.4, -0.2) is 11.1 Å². The van der Waals surface area contributed by atoms with Gasteiger partial charge in [-0.15, -0.1) is 0 Å². The minimum Gasteiger partial charge on any atom is -0.306 e. The van der Waals surface area contributed by atoms with E-state index in [-0.39, 0.29) is 0 Å². The third kappa shape index (κ3) is 2.31. The quantitative estimate of drug-likeness (QED) is 0.622. The first kappa shape index (κ1) is 10.5. The Morgan fingerprint density at radius 3 is 1.57 bits per heavy atom. The van der Waals surface area contributed by atoms with Gasteiger partial charge in [0.1, 0.15) is 0 Å². The SMILES string of the molecule is CC12CCCCCCC(C)(CCC1)N2. The third-order valence-corrected chi connectivity index (χ3v) is 4.27. The van der Waals surface area contributed by atoms with E-state index in [1.54, 1.807) is 0 Å². The largest absolute Gasteiger partial charge is 0.306 e. The normalized spacial score (nSPS) is 45.0. The van der Waals surface area contributed by atoms with Gasteiger partial charge in [0, 0.05) is 11.1 Å². The summed E-state index contributed by atoms with van der Waals surface area (Å²) in [6, 6.07) is 0. The summed E-state index contributed by atoms with van der Waals surface area (Å²) in [7, 11) is 0. The summed E-state index contributed by atoms with van der Waals surface area (Å²) in [4.78, 5) is 0. The summed E-state index contributed by atoms with van der Waals surface area (Å²) in [5.74, 6) is 0. The summed E-state index contributed by atoms with van der Waals surface area (Å²) in [5, 5.41) is 3.95. The van der Waals surface area contributed by atoms with Gasteiger partial charge in [0.15, 0.2) is 0 Å². The van der Waals surface area contributed by atoms with Crippen molar-refractivity contribution in [3.63, 3.8) is 0 Å². The van der Waals surface area contributed by atoms with Gasteiger partial charge in [-0.25, -0.2) is 0 Å². The molecule has 0 aromatic heterocycles. The lowest BCUT2D eigenvalue weighted by Gasteiger charge is -2.46. The molecule has 1 N–H and O–H groups in total. The Kier molecular flexibility index (Phi) is 2.88. The molecule has 2 rings (SSSR count). The number of hydrogen-bond donors (Lipinski definition) is 1. The van der Waals surface area contributed by atoms with Crippen LogP contribution in [0.1, 0.15) is 71.6 Å². The Bertz CT molecular complexity index is 181. The van der Waals surface area contributed by atoms with E-state index in [1.165, 1.54) is 57.8 Å². The molecule has 2 fully saturated rings. The van der Waals surface area contributed by atoms with Crippen molar-refractivity contribution in [3.05, 3.63) is 0 Å². The number of fused-ring (bicyclic) bond motifs is 2. The Hall–Kier alpha value is -0.0400. The fourth-order valence-electron chi connectivity index (χ4n) is 3.48. The zero-order valence-electron chi connectivity index (χ0n) is 9.86. The Morgan fingerprint density at radius 2 is 1.07 bits per heavy atom. The van der Waals surface area contributed by atoms with Gasteiger partial charge in [0.05, 0.1) is 0 Å². The van der Waals surface area contributed by atoms with E-state index >= 15 is 0 Å². The molecule has 82 valence electrons. The van der Waals surface area contributed by atoms with Crippen LogP contribution >= 0.6 is 0 Å². The lowest BCUT2D eigenvalue weighted by atomic mass is 9.77. The highest BCUT2D eigenvalue weighted by Crippen LogP contribution is 2.36. The van der Waals surface area contributed by atoms with E-state index in [2.05, 4.69) is 19.2 Å². The predicted molar refractivity (Wildman–Crippen MR) is 61.5 cm³/mol. The standard InChI is InChI=1S/C13H25N/c1-12-8-5-3-4-6-9-13(2,14-12)11-7-10-12/h14H,3-11H2,1-2H3. The second kappa shape index (κ2) is 3.84. The molecule has 2 atom stereocenters. The van der Waals surface area contributed by atoms with E-state index < -0.39 is 0 Å². The Morgan fingerprint density at radius 1 is 0.643 bits per heavy atom. The van der Waals surface area contributed by atoms with Gasteiger partial charge in [0.25, 0.3) is 0 Å². The van der Waals surface area contributed by atoms with Gasteiger partial charge in [-0.2, -0.15) is 0 Å². The maximum atomic E-state index is 3.95. The lowest BCUT2D eigenvalue weighted by molar-refractivity contribution is 0.139. The number of rotatable bonds is 0. The summed E-state index contributed by atoms with van der Waals surface area (Å²) in [6.07, 6.45) is 12.8. The zero-order valence-corrected chi connectivity index (χ0v) is 9.86. The van der Waals surface area contributed by atoms with Crippen molar-refractivity contribution in [2.45, 2.75) is 82.7 Å². The van der Waals surface area contributed by atoms with Crippen LogP contribution in [0.2, 0.25) is 0 Å². The second-order valence-electron chi connectivity index (χ2n) is 6.01. The molecule has 2 aliphatic heterocycles. The number of nitrogens with one attached hydrogen (secondary N) is 1. The van der Waals surface area contributed by atoms with Gasteiger partial charge in [-0.3, -0.25) is 0 Å². The fraction of sp³-hybridized carbons (Fsp3) is 1.00. The summed E-state index contributed by atoms with van der Waals surface area (Å²) in [6.45, 7) is 4.88. The molecule has 0 saturated carbocycles. The topological polar surface area (TPSA) is 12.0 Å². The summed E-state index contributed by atoms with van der Waals surface area (Å²) >= 11 is 0. The molecule has 2 saturated heterocycles. The number of piperidine rings is 1. The molecule has 1 heteroatoms. The Labute approximate surface area is 88.7 Å². The van der Waals surface area contributed by atoms with Gasteiger partial charge >= 0.3 is 0 Å². The minimum atomic E-state index is 0.456. The molecule has 2 bridgehead atoms. The highest BCUT2D eigenvalue weighted by molar-refractivity contribution is 4.98. The van der Waals surface area contributed by atoms with Gasteiger partial charge < -0.3 is 5.32 Å². The van der Waals surface area contributed by atoms with Crippen LogP contribution in [0, 0.1) is 0 Å². The van der Waals surface area contributed by atoms with Gasteiger partial charge in [-0.1, -0.05) is 25.7 Å². The molecule has 1 nitrogen and oxygen atoms in total. The van der Waals surface area contributed by atoms with Gasteiger partial charge in [0.2, 0.25) is 0 Å². The molecular weight excluding hydrogens is 170 g/mol. The van der Waals surface area contributed by atoms with Crippen LogP contribution < -0.4 is 5.32 Å². The van der Waals surface area contributed by atoms with Gasteiger partial charge in [-0.05, 0) is 46.0 Å². The summed E-state index contributed by atoms with van der Waals surface area (Å²) in [5.41, 5.74) is 0.911. The zero-order chi connectivity index (χ0) is 10.1. The maximum absolute atomic E-state index is 3.95. The van der Waals surface area contributed by atoms with E-state index in [9.17, 15) is 0 Å². The average Bonchev–Trinajstić information content (AvgIpc) is 2.14. The second-order valence-corrected chi connectivity index (χ2v) is 6.01. The molecule has 0 amide bonds. The molecule has 0 spiro atoms. The van der Waals surface area contributed by atoms with Crippen LogP contribution in [0.3, 0.4) is 0 Å². The van der Waals surface area contributed by atoms with E-state index in [0.29, 0.717) is 11.1 Å². The summed E-state index contributed by atoms with van der Waals surface area (Å²) < 4.78 is 0. The van der Waals surface area contributed by atoms with E-state index in [4.69, 9.17) is 0 Å².